The molecule has 2 aliphatic rings. The average molecular weight is 357 g/mol. The average Bonchev–Trinajstić information content (AvgIpc) is 3.05. The fourth-order valence-corrected chi connectivity index (χ4v) is 3.85. The topological polar surface area (TPSA) is 52.6 Å². The molecule has 1 N–H and O–H groups in total. The summed E-state index contributed by atoms with van der Waals surface area (Å²) >= 11 is 0. The Kier molecular flexibility index (Phi) is 6.30. The van der Waals surface area contributed by atoms with Gasteiger partial charge in [-0.15, -0.1) is 0 Å². The molecule has 1 aliphatic carbocycles. The molecule has 0 aromatic heterocycles. The van der Waals surface area contributed by atoms with Crippen molar-refractivity contribution in [2.24, 2.45) is 11.8 Å². The first-order chi connectivity index (χ1) is 12.5. The monoisotopic (exact) mass is 357 g/mol. The molecule has 142 valence electrons. The highest BCUT2D eigenvalue weighted by Crippen LogP contribution is 2.27. The van der Waals surface area contributed by atoms with Gasteiger partial charge in [0.05, 0.1) is 0 Å². The number of carbonyl (C=O) groups is 2. The van der Waals surface area contributed by atoms with Gasteiger partial charge < -0.3 is 15.1 Å². The molecule has 2 fully saturated rings. The molecule has 1 saturated carbocycles. The third kappa shape index (κ3) is 4.85. The molecule has 1 heterocycles. The van der Waals surface area contributed by atoms with E-state index in [1.807, 2.05) is 24.1 Å². The number of rotatable bonds is 7. The van der Waals surface area contributed by atoms with Crippen LogP contribution in [0.5, 0.6) is 0 Å². The molecule has 1 aromatic rings. The molecule has 1 saturated heterocycles. The van der Waals surface area contributed by atoms with Crippen molar-refractivity contribution in [3.05, 3.63) is 29.8 Å². The van der Waals surface area contributed by atoms with E-state index in [1.165, 1.54) is 25.9 Å². The van der Waals surface area contributed by atoms with Crippen LogP contribution in [-0.2, 0) is 4.79 Å². The Balaban J connectivity index is 1.48. The van der Waals surface area contributed by atoms with E-state index in [4.69, 9.17) is 0 Å². The van der Waals surface area contributed by atoms with Crippen LogP contribution >= 0.6 is 0 Å². The zero-order valence-electron chi connectivity index (χ0n) is 16.0. The Labute approximate surface area is 156 Å². The first-order valence-corrected chi connectivity index (χ1v) is 9.91. The van der Waals surface area contributed by atoms with Crippen LogP contribution in [0.4, 0.5) is 5.69 Å². The second-order valence-electron chi connectivity index (χ2n) is 7.99. The van der Waals surface area contributed by atoms with Gasteiger partial charge in [0.15, 0.2) is 0 Å². The SMILES string of the molecule is C[C@@H](CN1CCCC1)CN(C)C(=O)c1ccc(NC(=O)C2CCC2)cc1. The lowest BCUT2D eigenvalue weighted by atomic mass is 9.85. The van der Waals surface area contributed by atoms with E-state index in [9.17, 15) is 9.59 Å². The molecule has 1 atom stereocenters. The number of carbonyl (C=O) groups excluding carboxylic acids is 2. The zero-order valence-corrected chi connectivity index (χ0v) is 16.0. The van der Waals surface area contributed by atoms with Crippen molar-refractivity contribution in [2.75, 3.05) is 38.5 Å². The molecule has 26 heavy (non-hydrogen) atoms. The standard InChI is InChI=1S/C21H31N3O2/c1-16(15-24-12-3-4-13-24)14-23(2)21(26)18-8-10-19(11-9-18)22-20(25)17-6-5-7-17/h8-11,16-17H,3-7,12-15H2,1-2H3,(H,22,25)/t16-/m1/s1. The Hall–Kier alpha value is -1.88. The highest BCUT2D eigenvalue weighted by molar-refractivity contribution is 5.96. The summed E-state index contributed by atoms with van der Waals surface area (Å²) in [7, 11) is 1.87. The summed E-state index contributed by atoms with van der Waals surface area (Å²) in [5, 5.41) is 2.94. The minimum atomic E-state index is 0.0372. The zero-order chi connectivity index (χ0) is 18.5. The minimum absolute atomic E-state index is 0.0372. The van der Waals surface area contributed by atoms with Crippen LogP contribution in [0.3, 0.4) is 0 Å². The number of hydrogen-bond acceptors (Lipinski definition) is 3. The maximum Gasteiger partial charge on any atom is 0.253 e. The van der Waals surface area contributed by atoms with E-state index in [0.29, 0.717) is 11.5 Å². The van der Waals surface area contributed by atoms with Crippen LogP contribution in [0, 0.1) is 11.8 Å². The summed E-state index contributed by atoms with van der Waals surface area (Å²) in [6.07, 6.45) is 5.72. The van der Waals surface area contributed by atoms with Gasteiger partial charge in [-0.05, 0) is 69.0 Å². The van der Waals surface area contributed by atoms with Gasteiger partial charge in [-0.3, -0.25) is 9.59 Å². The fourth-order valence-electron chi connectivity index (χ4n) is 3.85. The fraction of sp³-hybridized carbons (Fsp3) is 0.619. The Morgan fingerprint density at radius 2 is 1.81 bits per heavy atom. The Morgan fingerprint density at radius 1 is 1.15 bits per heavy atom. The van der Waals surface area contributed by atoms with Crippen molar-refractivity contribution in [3.8, 4) is 0 Å². The number of hydrogen-bond donors (Lipinski definition) is 1. The predicted molar refractivity (Wildman–Crippen MR) is 104 cm³/mol. The number of nitrogens with one attached hydrogen (secondary N) is 1. The number of amides is 2. The molecule has 0 spiro atoms. The van der Waals surface area contributed by atoms with Gasteiger partial charge in [0.1, 0.15) is 0 Å². The van der Waals surface area contributed by atoms with E-state index in [1.54, 1.807) is 12.1 Å². The van der Waals surface area contributed by atoms with Crippen LogP contribution in [0.25, 0.3) is 0 Å². The second kappa shape index (κ2) is 8.67. The van der Waals surface area contributed by atoms with Gasteiger partial charge in [-0.1, -0.05) is 13.3 Å². The normalized spacial score (nSPS) is 19.0. The summed E-state index contributed by atoms with van der Waals surface area (Å²) < 4.78 is 0. The predicted octanol–water partition coefficient (Wildman–Crippen LogP) is 3.23. The number of benzene rings is 1. The molecule has 0 unspecified atom stereocenters. The lowest BCUT2D eigenvalue weighted by Gasteiger charge is -2.25. The maximum atomic E-state index is 12.6. The van der Waals surface area contributed by atoms with Crippen LogP contribution in [0.15, 0.2) is 24.3 Å². The highest BCUT2D eigenvalue weighted by atomic mass is 16.2. The van der Waals surface area contributed by atoms with Gasteiger partial charge >= 0.3 is 0 Å². The summed E-state index contributed by atoms with van der Waals surface area (Å²) in [5.41, 5.74) is 1.44. The summed E-state index contributed by atoms with van der Waals surface area (Å²) in [4.78, 5) is 28.9. The largest absolute Gasteiger partial charge is 0.341 e. The van der Waals surface area contributed by atoms with Crippen LogP contribution in [0.1, 0.15) is 49.4 Å². The van der Waals surface area contributed by atoms with Crippen molar-refractivity contribution in [1.82, 2.24) is 9.80 Å². The molecule has 5 heteroatoms. The lowest BCUT2D eigenvalue weighted by Crippen LogP contribution is -2.35. The molecule has 5 nitrogen and oxygen atoms in total. The lowest BCUT2D eigenvalue weighted by molar-refractivity contribution is -0.122. The first kappa shape index (κ1) is 18.9. The number of nitrogens with zero attached hydrogens (tertiary/aromatic N) is 2. The van der Waals surface area contributed by atoms with Crippen molar-refractivity contribution in [1.29, 1.82) is 0 Å². The number of anilines is 1. The first-order valence-electron chi connectivity index (χ1n) is 9.91. The molecule has 0 bridgehead atoms. The Morgan fingerprint density at radius 3 is 2.38 bits per heavy atom. The van der Waals surface area contributed by atoms with Crippen LogP contribution in [0.2, 0.25) is 0 Å². The van der Waals surface area contributed by atoms with E-state index in [0.717, 1.165) is 38.0 Å². The summed E-state index contributed by atoms with van der Waals surface area (Å²) in [6, 6.07) is 7.26. The van der Waals surface area contributed by atoms with E-state index in [2.05, 4.69) is 17.1 Å². The molecule has 1 aromatic carbocycles. The van der Waals surface area contributed by atoms with Crippen LogP contribution in [-0.4, -0.2) is 54.8 Å². The van der Waals surface area contributed by atoms with Crippen molar-refractivity contribution < 1.29 is 9.59 Å². The van der Waals surface area contributed by atoms with Gasteiger partial charge in [0.2, 0.25) is 5.91 Å². The van der Waals surface area contributed by atoms with Crippen LogP contribution < -0.4 is 5.32 Å². The molecule has 1 aliphatic heterocycles. The van der Waals surface area contributed by atoms with Gasteiger partial charge in [0, 0.05) is 37.3 Å². The van der Waals surface area contributed by atoms with Crippen molar-refractivity contribution >= 4 is 17.5 Å². The highest BCUT2D eigenvalue weighted by Gasteiger charge is 2.25. The molecule has 2 amide bonds. The van der Waals surface area contributed by atoms with E-state index < -0.39 is 0 Å². The molecule has 0 radical (unpaired) electrons. The van der Waals surface area contributed by atoms with Gasteiger partial charge in [-0.2, -0.15) is 0 Å². The van der Waals surface area contributed by atoms with E-state index in [-0.39, 0.29) is 17.7 Å². The molecule has 3 rings (SSSR count). The number of likely N-dealkylation sites (tertiary alicyclic amines) is 1. The van der Waals surface area contributed by atoms with Crippen molar-refractivity contribution in [3.63, 3.8) is 0 Å². The third-order valence-electron chi connectivity index (χ3n) is 5.58. The quantitative estimate of drug-likeness (QED) is 0.815. The maximum absolute atomic E-state index is 12.6. The Bertz CT molecular complexity index is 619. The van der Waals surface area contributed by atoms with Crippen molar-refractivity contribution in [2.45, 2.75) is 39.0 Å². The second-order valence-corrected chi connectivity index (χ2v) is 7.99. The van der Waals surface area contributed by atoms with Gasteiger partial charge in [0.25, 0.3) is 5.91 Å². The minimum Gasteiger partial charge on any atom is -0.341 e. The smallest absolute Gasteiger partial charge is 0.253 e. The summed E-state index contributed by atoms with van der Waals surface area (Å²) in [6.45, 7) is 6.41. The molecular weight excluding hydrogens is 326 g/mol. The third-order valence-corrected chi connectivity index (χ3v) is 5.58. The van der Waals surface area contributed by atoms with E-state index >= 15 is 0 Å². The van der Waals surface area contributed by atoms with Gasteiger partial charge in [-0.25, -0.2) is 0 Å². The molecular formula is C21H31N3O2. The summed E-state index contributed by atoms with van der Waals surface area (Å²) in [5.74, 6) is 0.765.